The zero-order valence-electron chi connectivity index (χ0n) is 20.2. The number of aromatic amines is 1. The Morgan fingerprint density at radius 3 is 2.68 bits per heavy atom. The minimum Gasteiger partial charge on any atom is -0.365 e. The molecule has 3 aromatic heterocycles. The minimum atomic E-state index is -0.781. The van der Waals surface area contributed by atoms with Gasteiger partial charge in [0, 0.05) is 48.0 Å². The van der Waals surface area contributed by atoms with E-state index >= 15 is 0 Å². The highest BCUT2D eigenvalue weighted by atomic mass is 19.1. The fourth-order valence-corrected chi connectivity index (χ4v) is 4.81. The average molecular weight is 508 g/mol. The summed E-state index contributed by atoms with van der Waals surface area (Å²) in [4.78, 5) is 19.7. The van der Waals surface area contributed by atoms with Crippen molar-refractivity contribution < 1.29 is 18.0 Å². The molecule has 0 bridgehead atoms. The molecule has 2 atom stereocenters. The van der Waals surface area contributed by atoms with Gasteiger partial charge in [0.25, 0.3) is 5.91 Å². The lowest BCUT2D eigenvalue weighted by Gasteiger charge is -2.30. The number of fused-ring (bicyclic) bond motifs is 1. The van der Waals surface area contributed by atoms with Crippen LogP contribution in [-0.4, -0.2) is 37.7 Å². The first-order chi connectivity index (χ1) is 17.7. The van der Waals surface area contributed by atoms with Crippen LogP contribution in [0.4, 0.5) is 19.0 Å². The number of aryl methyl sites for hydroxylation is 2. The zero-order valence-corrected chi connectivity index (χ0v) is 20.2. The van der Waals surface area contributed by atoms with Crippen LogP contribution in [0.25, 0.3) is 22.2 Å². The van der Waals surface area contributed by atoms with E-state index in [1.165, 1.54) is 6.20 Å². The van der Waals surface area contributed by atoms with Gasteiger partial charge >= 0.3 is 0 Å². The standard InChI is InChI=1S/C26H24F3N7O/c1-13-6-22(35-36(13)2)26(37)33-17-5-3-4-16(10-17)32-25-21(29)7-14(11-30)23(34-25)19-12-31-24-18(19)8-15(27)9-20(24)28/h6-9,12,16-17,31H,3-5,10H2,1-2H3,(H,32,34)(H,33,37)/t16-,17-/m1/s1. The Kier molecular flexibility index (Phi) is 6.33. The van der Waals surface area contributed by atoms with Gasteiger partial charge in [-0.25, -0.2) is 18.2 Å². The molecular formula is C26H24F3N7O. The van der Waals surface area contributed by atoms with E-state index in [9.17, 15) is 23.2 Å². The van der Waals surface area contributed by atoms with Crippen LogP contribution in [0.15, 0.2) is 30.5 Å². The van der Waals surface area contributed by atoms with Crippen LogP contribution in [0.1, 0.15) is 47.4 Å². The van der Waals surface area contributed by atoms with E-state index in [1.807, 2.05) is 13.0 Å². The third-order valence-corrected chi connectivity index (χ3v) is 6.75. The van der Waals surface area contributed by atoms with Gasteiger partial charge < -0.3 is 15.6 Å². The molecule has 0 aliphatic heterocycles. The minimum absolute atomic E-state index is 0.0620. The smallest absolute Gasteiger partial charge is 0.272 e. The molecule has 4 aromatic rings. The van der Waals surface area contributed by atoms with Gasteiger partial charge in [-0.15, -0.1) is 0 Å². The van der Waals surface area contributed by atoms with Crippen molar-refractivity contribution in [3.05, 3.63) is 64.9 Å². The topological polar surface area (TPSA) is 111 Å². The molecule has 5 rings (SSSR count). The van der Waals surface area contributed by atoms with Crippen LogP contribution in [0, 0.1) is 35.7 Å². The molecule has 0 saturated heterocycles. The number of aromatic nitrogens is 4. The number of nitriles is 1. The number of carbonyl (C=O) groups excluding carboxylic acids is 1. The lowest BCUT2D eigenvalue weighted by atomic mass is 9.90. The number of nitrogens with one attached hydrogen (secondary N) is 3. The second kappa shape index (κ2) is 9.61. The second-order valence-electron chi connectivity index (χ2n) is 9.31. The largest absolute Gasteiger partial charge is 0.365 e. The molecule has 11 heteroatoms. The molecule has 0 spiro atoms. The number of anilines is 1. The van der Waals surface area contributed by atoms with Gasteiger partial charge in [0.1, 0.15) is 23.4 Å². The van der Waals surface area contributed by atoms with Crippen LogP contribution in [0.5, 0.6) is 0 Å². The fourth-order valence-electron chi connectivity index (χ4n) is 4.81. The van der Waals surface area contributed by atoms with E-state index in [1.54, 1.807) is 17.8 Å². The number of benzene rings is 1. The summed E-state index contributed by atoms with van der Waals surface area (Å²) in [5.41, 5.74) is 1.60. The fraction of sp³-hybridized carbons (Fsp3) is 0.308. The molecule has 1 fully saturated rings. The number of rotatable bonds is 5. The number of carbonyl (C=O) groups is 1. The highest BCUT2D eigenvalue weighted by molar-refractivity contribution is 5.96. The molecule has 8 nitrogen and oxygen atoms in total. The van der Waals surface area contributed by atoms with Gasteiger partial charge in [-0.2, -0.15) is 10.4 Å². The number of pyridine rings is 1. The first-order valence-electron chi connectivity index (χ1n) is 11.9. The molecule has 3 heterocycles. The van der Waals surface area contributed by atoms with Gasteiger partial charge in [-0.3, -0.25) is 9.48 Å². The first kappa shape index (κ1) is 24.4. The maximum Gasteiger partial charge on any atom is 0.272 e. The average Bonchev–Trinajstić information content (AvgIpc) is 3.43. The number of H-pyrrole nitrogens is 1. The normalized spacial score (nSPS) is 17.5. The molecule has 1 saturated carbocycles. The number of hydrogen-bond acceptors (Lipinski definition) is 5. The second-order valence-corrected chi connectivity index (χ2v) is 9.31. The Morgan fingerprint density at radius 1 is 1.16 bits per heavy atom. The van der Waals surface area contributed by atoms with Crippen molar-refractivity contribution in [1.82, 2.24) is 25.1 Å². The Bertz CT molecular complexity index is 1530. The monoisotopic (exact) mass is 507 g/mol. The molecule has 1 aliphatic rings. The van der Waals surface area contributed by atoms with Gasteiger partial charge in [0.2, 0.25) is 0 Å². The van der Waals surface area contributed by atoms with Crippen molar-refractivity contribution in [3.8, 4) is 17.3 Å². The maximum absolute atomic E-state index is 14.9. The zero-order chi connectivity index (χ0) is 26.3. The number of amides is 1. The number of nitrogens with zero attached hydrogens (tertiary/aromatic N) is 4. The molecule has 0 unspecified atom stereocenters. The molecule has 37 heavy (non-hydrogen) atoms. The van der Waals surface area contributed by atoms with E-state index in [0.29, 0.717) is 12.1 Å². The third kappa shape index (κ3) is 4.74. The predicted molar refractivity (Wildman–Crippen MR) is 131 cm³/mol. The molecule has 3 N–H and O–H groups in total. The Balaban J connectivity index is 1.38. The molecule has 0 radical (unpaired) electrons. The van der Waals surface area contributed by atoms with E-state index in [2.05, 4.69) is 25.7 Å². The van der Waals surface area contributed by atoms with Crippen molar-refractivity contribution in [1.29, 1.82) is 5.26 Å². The van der Waals surface area contributed by atoms with Gasteiger partial charge in [-0.1, -0.05) is 0 Å². The Hall–Kier alpha value is -4.33. The predicted octanol–water partition coefficient (Wildman–Crippen LogP) is 4.71. The maximum atomic E-state index is 14.9. The van der Waals surface area contributed by atoms with Crippen molar-refractivity contribution in [2.24, 2.45) is 7.05 Å². The van der Waals surface area contributed by atoms with Crippen LogP contribution in [-0.2, 0) is 7.05 Å². The summed E-state index contributed by atoms with van der Waals surface area (Å²) in [6.07, 6.45) is 4.27. The highest BCUT2D eigenvalue weighted by Gasteiger charge is 2.26. The van der Waals surface area contributed by atoms with Gasteiger partial charge in [-0.05, 0) is 50.8 Å². The SMILES string of the molecule is Cc1cc(C(=O)N[C@@H]2CCC[C@@H](Nc3nc(-c4c[nH]c5c(F)cc(F)cc45)c(C#N)cc3F)C2)nn1C. The Labute approximate surface area is 210 Å². The number of halogens is 3. The van der Waals surface area contributed by atoms with Crippen LogP contribution < -0.4 is 10.6 Å². The molecule has 1 amide bonds. The van der Waals surface area contributed by atoms with E-state index in [4.69, 9.17) is 0 Å². The summed E-state index contributed by atoms with van der Waals surface area (Å²) in [6.45, 7) is 1.86. The molecule has 1 aliphatic carbocycles. The van der Waals surface area contributed by atoms with Crippen molar-refractivity contribution in [3.63, 3.8) is 0 Å². The first-order valence-corrected chi connectivity index (χ1v) is 11.9. The molecular weight excluding hydrogens is 483 g/mol. The lowest BCUT2D eigenvalue weighted by molar-refractivity contribution is 0.0920. The van der Waals surface area contributed by atoms with Crippen LogP contribution >= 0.6 is 0 Å². The van der Waals surface area contributed by atoms with Crippen molar-refractivity contribution >= 4 is 22.6 Å². The van der Waals surface area contributed by atoms with Crippen molar-refractivity contribution in [2.45, 2.75) is 44.7 Å². The summed E-state index contributed by atoms with van der Waals surface area (Å²) in [7, 11) is 1.77. The quantitative estimate of drug-likeness (QED) is 0.362. The number of hydrogen-bond donors (Lipinski definition) is 3. The third-order valence-electron chi connectivity index (χ3n) is 6.75. The van der Waals surface area contributed by atoms with E-state index in [0.717, 1.165) is 43.2 Å². The van der Waals surface area contributed by atoms with E-state index in [-0.39, 0.29) is 51.5 Å². The summed E-state index contributed by atoms with van der Waals surface area (Å²) >= 11 is 0. The molecule has 190 valence electrons. The van der Waals surface area contributed by atoms with Gasteiger partial charge in [0.05, 0.1) is 16.8 Å². The summed E-state index contributed by atoms with van der Waals surface area (Å²) in [6, 6.07) is 6.26. The molecule has 1 aromatic carbocycles. The van der Waals surface area contributed by atoms with Gasteiger partial charge in [0.15, 0.2) is 11.6 Å². The van der Waals surface area contributed by atoms with Crippen LogP contribution in [0.2, 0.25) is 0 Å². The summed E-state index contributed by atoms with van der Waals surface area (Å²) in [5, 5.41) is 20.1. The van der Waals surface area contributed by atoms with Crippen LogP contribution in [0.3, 0.4) is 0 Å². The van der Waals surface area contributed by atoms with E-state index < -0.39 is 17.5 Å². The summed E-state index contributed by atoms with van der Waals surface area (Å²) in [5.74, 6) is -2.61. The van der Waals surface area contributed by atoms with Crippen molar-refractivity contribution in [2.75, 3.05) is 5.32 Å². The highest BCUT2D eigenvalue weighted by Crippen LogP contribution is 2.34. The summed E-state index contributed by atoms with van der Waals surface area (Å²) < 4.78 is 44.7. The Morgan fingerprint density at radius 2 is 1.95 bits per heavy atom. The lowest BCUT2D eigenvalue weighted by Crippen LogP contribution is -2.42.